The SMILES string of the molecule is CC(C)(C)OC(=O)NC1C2C=CC(C2)C1C(=O)O. The van der Waals surface area contributed by atoms with Gasteiger partial charge in [-0.25, -0.2) is 4.79 Å². The molecule has 0 saturated heterocycles. The molecule has 2 aliphatic carbocycles. The number of allylic oxidation sites excluding steroid dienone is 1. The number of carbonyl (C=O) groups is 2. The van der Waals surface area contributed by atoms with Gasteiger partial charge in [0.15, 0.2) is 0 Å². The second-order valence-corrected chi connectivity index (χ2v) is 5.98. The Kier molecular flexibility index (Phi) is 3.09. The standard InChI is InChI=1S/C13H19NO4/c1-13(2,3)18-12(17)14-10-8-5-4-7(6-8)9(10)11(15)16/h4-5,7-10H,6H2,1-3H3,(H,14,17)(H,15,16). The van der Waals surface area contributed by atoms with Crippen LogP contribution in [0.1, 0.15) is 27.2 Å². The van der Waals surface area contributed by atoms with Gasteiger partial charge in [-0.1, -0.05) is 12.2 Å². The number of amides is 1. The van der Waals surface area contributed by atoms with E-state index in [-0.39, 0.29) is 17.9 Å². The van der Waals surface area contributed by atoms with Gasteiger partial charge in [0.2, 0.25) is 0 Å². The van der Waals surface area contributed by atoms with E-state index in [1.807, 2.05) is 12.2 Å². The molecule has 0 radical (unpaired) electrons. The molecule has 1 fully saturated rings. The van der Waals surface area contributed by atoms with Gasteiger partial charge in [0.05, 0.1) is 12.0 Å². The zero-order chi connectivity index (χ0) is 13.5. The van der Waals surface area contributed by atoms with Crippen LogP contribution < -0.4 is 5.32 Å². The largest absolute Gasteiger partial charge is 0.481 e. The monoisotopic (exact) mass is 253 g/mol. The first-order chi connectivity index (χ1) is 8.28. The predicted molar refractivity (Wildman–Crippen MR) is 65.0 cm³/mol. The summed E-state index contributed by atoms with van der Waals surface area (Å²) in [6.07, 6.45) is 4.19. The van der Waals surface area contributed by atoms with Crippen molar-refractivity contribution in [3.05, 3.63) is 12.2 Å². The number of ether oxygens (including phenoxy) is 1. The van der Waals surface area contributed by atoms with Crippen LogP contribution in [0, 0.1) is 17.8 Å². The van der Waals surface area contributed by atoms with Crippen LogP contribution in [0.3, 0.4) is 0 Å². The molecule has 4 unspecified atom stereocenters. The number of carbonyl (C=O) groups excluding carboxylic acids is 1. The summed E-state index contributed by atoms with van der Waals surface area (Å²) in [7, 11) is 0. The van der Waals surface area contributed by atoms with Crippen molar-refractivity contribution in [1.82, 2.24) is 5.32 Å². The van der Waals surface area contributed by atoms with Crippen molar-refractivity contribution >= 4 is 12.1 Å². The first kappa shape index (κ1) is 12.9. The molecule has 1 saturated carbocycles. The van der Waals surface area contributed by atoms with Crippen molar-refractivity contribution in [2.75, 3.05) is 0 Å². The molecule has 0 aromatic heterocycles. The molecule has 100 valence electrons. The minimum atomic E-state index is -0.854. The number of nitrogens with one attached hydrogen (secondary N) is 1. The number of fused-ring (bicyclic) bond motifs is 2. The molecular formula is C13H19NO4. The maximum absolute atomic E-state index is 11.7. The van der Waals surface area contributed by atoms with Gasteiger partial charge in [-0.05, 0) is 39.0 Å². The summed E-state index contributed by atoms with van der Waals surface area (Å²) in [5.41, 5.74) is -0.573. The summed E-state index contributed by atoms with van der Waals surface area (Å²) < 4.78 is 5.17. The summed E-state index contributed by atoms with van der Waals surface area (Å²) in [6, 6.07) is -0.354. The van der Waals surface area contributed by atoms with Crippen molar-refractivity contribution < 1.29 is 19.4 Å². The fourth-order valence-corrected chi connectivity index (χ4v) is 2.80. The number of rotatable bonds is 2. The molecule has 4 atom stereocenters. The Hall–Kier alpha value is -1.52. The molecule has 2 rings (SSSR count). The molecule has 0 aromatic rings. The van der Waals surface area contributed by atoms with Crippen molar-refractivity contribution in [2.45, 2.75) is 38.8 Å². The summed E-state index contributed by atoms with van der Waals surface area (Å²) in [6.45, 7) is 5.34. The second kappa shape index (κ2) is 4.30. The van der Waals surface area contributed by atoms with Crippen LogP contribution in [0.2, 0.25) is 0 Å². The predicted octanol–water partition coefficient (Wildman–Crippen LogP) is 1.79. The number of hydrogen-bond donors (Lipinski definition) is 2. The molecule has 5 nitrogen and oxygen atoms in total. The van der Waals surface area contributed by atoms with Gasteiger partial charge >= 0.3 is 12.1 Å². The van der Waals surface area contributed by atoms with Gasteiger partial charge in [0, 0.05) is 0 Å². The minimum Gasteiger partial charge on any atom is -0.481 e. The fraction of sp³-hybridized carbons (Fsp3) is 0.692. The lowest BCUT2D eigenvalue weighted by Gasteiger charge is -2.27. The van der Waals surface area contributed by atoms with Crippen molar-refractivity contribution in [1.29, 1.82) is 0 Å². The minimum absolute atomic E-state index is 0.0347. The van der Waals surface area contributed by atoms with E-state index >= 15 is 0 Å². The molecule has 2 bridgehead atoms. The third-order valence-corrected chi connectivity index (χ3v) is 3.43. The quantitative estimate of drug-likeness (QED) is 0.736. The third-order valence-electron chi connectivity index (χ3n) is 3.43. The first-order valence-electron chi connectivity index (χ1n) is 6.18. The maximum Gasteiger partial charge on any atom is 0.407 e. The van der Waals surface area contributed by atoms with Crippen LogP contribution in [0.5, 0.6) is 0 Å². The Bertz CT molecular complexity index is 396. The van der Waals surface area contributed by atoms with E-state index in [2.05, 4.69) is 5.32 Å². The zero-order valence-electron chi connectivity index (χ0n) is 10.8. The lowest BCUT2D eigenvalue weighted by Crippen LogP contribution is -2.47. The summed E-state index contributed by atoms with van der Waals surface area (Å²) in [5, 5.41) is 11.9. The van der Waals surface area contributed by atoms with Crippen LogP contribution in [-0.2, 0) is 9.53 Å². The maximum atomic E-state index is 11.7. The van der Waals surface area contributed by atoms with Gasteiger partial charge in [0.25, 0.3) is 0 Å². The second-order valence-electron chi connectivity index (χ2n) is 5.98. The molecule has 2 aliphatic rings. The lowest BCUT2D eigenvalue weighted by molar-refractivity contribution is -0.143. The molecule has 0 heterocycles. The average Bonchev–Trinajstić information content (AvgIpc) is 2.73. The number of carboxylic acid groups (broad SMARTS) is 1. The van der Waals surface area contributed by atoms with E-state index in [4.69, 9.17) is 4.74 Å². The van der Waals surface area contributed by atoms with Crippen LogP contribution in [0.4, 0.5) is 4.79 Å². The van der Waals surface area contributed by atoms with Crippen LogP contribution >= 0.6 is 0 Å². The Morgan fingerprint density at radius 2 is 1.89 bits per heavy atom. The first-order valence-corrected chi connectivity index (χ1v) is 6.18. The van der Waals surface area contributed by atoms with Gasteiger partial charge in [-0.3, -0.25) is 4.79 Å². The highest BCUT2D eigenvalue weighted by atomic mass is 16.6. The van der Waals surface area contributed by atoms with Crippen LogP contribution in [0.25, 0.3) is 0 Å². The molecule has 0 spiro atoms. The summed E-state index contributed by atoms with van der Waals surface area (Å²) in [5.74, 6) is -1.24. The average molecular weight is 253 g/mol. The third kappa shape index (κ3) is 2.49. The van der Waals surface area contributed by atoms with E-state index in [0.717, 1.165) is 6.42 Å². The van der Waals surface area contributed by atoms with Crippen molar-refractivity contribution in [3.8, 4) is 0 Å². The summed E-state index contributed by atoms with van der Waals surface area (Å²) in [4.78, 5) is 23.0. The Morgan fingerprint density at radius 1 is 1.28 bits per heavy atom. The topological polar surface area (TPSA) is 75.6 Å². The Morgan fingerprint density at radius 3 is 2.44 bits per heavy atom. The van der Waals surface area contributed by atoms with Crippen molar-refractivity contribution in [2.24, 2.45) is 17.8 Å². The Balaban J connectivity index is 2.02. The van der Waals surface area contributed by atoms with Gasteiger partial charge in [0.1, 0.15) is 5.60 Å². The molecular weight excluding hydrogens is 234 g/mol. The molecule has 0 aromatic carbocycles. The lowest BCUT2D eigenvalue weighted by atomic mass is 9.89. The molecule has 0 aliphatic heterocycles. The number of hydrogen-bond acceptors (Lipinski definition) is 3. The van der Waals surface area contributed by atoms with Gasteiger partial charge < -0.3 is 15.2 Å². The molecule has 18 heavy (non-hydrogen) atoms. The smallest absolute Gasteiger partial charge is 0.407 e. The fourth-order valence-electron chi connectivity index (χ4n) is 2.80. The van der Waals surface area contributed by atoms with E-state index in [1.165, 1.54) is 0 Å². The molecule has 2 N–H and O–H groups in total. The zero-order valence-corrected chi connectivity index (χ0v) is 10.8. The highest BCUT2D eigenvalue weighted by Gasteiger charge is 2.49. The highest BCUT2D eigenvalue weighted by Crippen LogP contribution is 2.43. The van der Waals surface area contributed by atoms with E-state index in [0.29, 0.717) is 0 Å². The van der Waals surface area contributed by atoms with Crippen LogP contribution in [-0.4, -0.2) is 28.8 Å². The summed E-state index contributed by atoms with van der Waals surface area (Å²) >= 11 is 0. The van der Waals surface area contributed by atoms with E-state index in [1.54, 1.807) is 20.8 Å². The van der Waals surface area contributed by atoms with Gasteiger partial charge in [-0.15, -0.1) is 0 Å². The number of aliphatic carboxylic acids is 1. The van der Waals surface area contributed by atoms with Crippen molar-refractivity contribution in [3.63, 3.8) is 0 Å². The number of alkyl carbamates (subject to hydrolysis) is 1. The molecule has 5 heteroatoms. The van der Waals surface area contributed by atoms with E-state index < -0.39 is 23.6 Å². The normalized spacial score (nSPS) is 33.5. The van der Waals surface area contributed by atoms with Crippen LogP contribution in [0.15, 0.2) is 12.2 Å². The van der Waals surface area contributed by atoms with Gasteiger partial charge in [-0.2, -0.15) is 0 Å². The Labute approximate surface area is 106 Å². The number of carboxylic acids is 1. The highest BCUT2D eigenvalue weighted by molar-refractivity contribution is 5.75. The van der Waals surface area contributed by atoms with E-state index in [9.17, 15) is 14.7 Å². The molecule has 1 amide bonds.